The van der Waals surface area contributed by atoms with Gasteiger partial charge in [0.25, 0.3) is 11.5 Å². The minimum atomic E-state index is -0.935. The maximum atomic E-state index is 13.8. The Morgan fingerprint density at radius 2 is 1.86 bits per heavy atom. The van der Waals surface area contributed by atoms with Crippen LogP contribution >= 0.6 is 0 Å². The summed E-state index contributed by atoms with van der Waals surface area (Å²) in [7, 11) is 1.45. The summed E-state index contributed by atoms with van der Waals surface area (Å²) in [5.74, 6) is -3.02. The summed E-state index contributed by atoms with van der Waals surface area (Å²) in [5, 5.41) is 0. The molecule has 0 unspecified atom stereocenters. The number of esters is 2. The largest absolute Gasteiger partial charge is 0.483 e. The Morgan fingerprint density at radius 1 is 1.16 bits per heavy atom. The van der Waals surface area contributed by atoms with E-state index in [1.54, 1.807) is 33.8 Å². The number of halogens is 1. The van der Waals surface area contributed by atoms with Gasteiger partial charge in [-0.2, -0.15) is 0 Å². The SMILES string of the molecule is CCOC(=O)c1c(OC(=O)C(C)(C)C)c2ncc(Cc3ccc(F)cc3OCC(N)=O)cc2n(C)c1=O. The number of benzene rings is 1. The molecule has 0 saturated carbocycles. The fourth-order valence-electron chi connectivity index (χ4n) is 3.42. The molecule has 10 nitrogen and oxygen atoms in total. The zero-order chi connectivity index (χ0) is 27.5. The summed E-state index contributed by atoms with van der Waals surface area (Å²) in [6.07, 6.45) is 1.67. The van der Waals surface area contributed by atoms with Gasteiger partial charge < -0.3 is 24.5 Å². The quantitative estimate of drug-likeness (QED) is 0.454. The molecule has 0 saturated heterocycles. The van der Waals surface area contributed by atoms with Crippen LogP contribution in [0.4, 0.5) is 4.39 Å². The average molecular weight is 514 g/mol. The van der Waals surface area contributed by atoms with Crippen molar-refractivity contribution in [2.75, 3.05) is 13.2 Å². The third kappa shape index (κ3) is 6.11. The number of hydrogen-bond donors (Lipinski definition) is 1. The van der Waals surface area contributed by atoms with Gasteiger partial charge in [0.1, 0.15) is 17.1 Å². The molecule has 1 amide bonds. The first-order valence-electron chi connectivity index (χ1n) is 11.4. The number of hydrogen-bond acceptors (Lipinski definition) is 8. The molecule has 0 radical (unpaired) electrons. The molecule has 3 aromatic rings. The molecule has 2 N–H and O–H groups in total. The van der Waals surface area contributed by atoms with E-state index in [1.165, 1.54) is 29.9 Å². The normalized spacial score (nSPS) is 11.3. The van der Waals surface area contributed by atoms with Crippen molar-refractivity contribution in [2.45, 2.75) is 34.1 Å². The summed E-state index contributed by atoms with van der Waals surface area (Å²) >= 11 is 0. The highest BCUT2D eigenvalue weighted by atomic mass is 19.1. The number of ether oxygens (including phenoxy) is 3. The maximum absolute atomic E-state index is 13.8. The highest BCUT2D eigenvalue weighted by Gasteiger charge is 2.31. The summed E-state index contributed by atoms with van der Waals surface area (Å²) in [5.41, 5.74) is 4.57. The highest BCUT2D eigenvalue weighted by molar-refractivity contribution is 6.00. The van der Waals surface area contributed by atoms with Gasteiger partial charge in [-0.15, -0.1) is 0 Å². The molecule has 0 fully saturated rings. The summed E-state index contributed by atoms with van der Waals surface area (Å²) < 4.78 is 30.9. The molecule has 0 atom stereocenters. The Labute approximate surface area is 212 Å². The third-order valence-electron chi connectivity index (χ3n) is 5.33. The number of carbonyl (C=O) groups excluding carboxylic acids is 3. The van der Waals surface area contributed by atoms with Gasteiger partial charge in [0.15, 0.2) is 17.9 Å². The smallest absolute Gasteiger partial charge is 0.347 e. The van der Waals surface area contributed by atoms with Gasteiger partial charge in [-0.3, -0.25) is 19.4 Å². The van der Waals surface area contributed by atoms with Crippen molar-refractivity contribution in [3.8, 4) is 11.5 Å². The van der Waals surface area contributed by atoms with Crippen LogP contribution in [-0.2, 0) is 27.8 Å². The maximum Gasteiger partial charge on any atom is 0.347 e. The zero-order valence-corrected chi connectivity index (χ0v) is 21.2. The molecule has 0 bridgehead atoms. The number of carbonyl (C=O) groups is 3. The summed E-state index contributed by atoms with van der Waals surface area (Å²) in [6, 6.07) is 5.51. The predicted molar refractivity (Wildman–Crippen MR) is 132 cm³/mol. The summed E-state index contributed by atoms with van der Waals surface area (Å²) in [4.78, 5) is 54.1. The Hall–Kier alpha value is -4.28. The lowest BCUT2D eigenvalue weighted by Gasteiger charge is -2.19. The second kappa shape index (κ2) is 10.8. The number of primary amides is 1. The standard InChI is InChI=1S/C26H28FN3O7/c1-6-35-24(33)20-22(37-25(34)26(2,3)4)21-17(30(5)23(20)32)10-14(12-29-21)9-15-7-8-16(27)11-18(15)36-13-19(28)31/h7-8,10-12H,6,9,13H2,1-5H3,(H2,28,31). The minimum Gasteiger partial charge on any atom is -0.483 e. The van der Waals surface area contributed by atoms with Crippen molar-refractivity contribution in [3.63, 3.8) is 0 Å². The topological polar surface area (TPSA) is 140 Å². The Morgan fingerprint density at radius 3 is 2.49 bits per heavy atom. The number of aromatic nitrogens is 2. The molecule has 2 aromatic heterocycles. The number of aryl methyl sites for hydroxylation is 1. The van der Waals surface area contributed by atoms with Crippen molar-refractivity contribution >= 4 is 28.9 Å². The van der Waals surface area contributed by atoms with Crippen LogP contribution in [0.5, 0.6) is 11.5 Å². The van der Waals surface area contributed by atoms with Gasteiger partial charge in [0.2, 0.25) is 0 Å². The molecule has 0 spiro atoms. The molecule has 0 aliphatic rings. The van der Waals surface area contributed by atoms with E-state index in [0.717, 1.165) is 6.07 Å². The monoisotopic (exact) mass is 513 g/mol. The first-order chi connectivity index (χ1) is 17.3. The molecule has 0 aliphatic carbocycles. The van der Waals surface area contributed by atoms with E-state index in [9.17, 15) is 23.6 Å². The number of nitrogens with zero attached hydrogens (tertiary/aromatic N) is 2. The van der Waals surface area contributed by atoms with Crippen LogP contribution in [0, 0.1) is 11.2 Å². The lowest BCUT2D eigenvalue weighted by Crippen LogP contribution is -2.31. The van der Waals surface area contributed by atoms with Crippen LogP contribution in [0.2, 0.25) is 0 Å². The van der Waals surface area contributed by atoms with E-state index in [-0.39, 0.29) is 35.6 Å². The third-order valence-corrected chi connectivity index (χ3v) is 5.33. The van der Waals surface area contributed by atoms with Crippen molar-refractivity contribution in [1.29, 1.82) is 0 Å². The second-order valence-electron chi connectivity index (χ2n) is 9.32. The molecule has 37 heavy (non-hydrogen) atoms. The summed E-state index contributed by atoms with van der Waals surface area (Å²) in [6.45, 7) is 6.07. The van der Waals surface area contributed by atoms with Crippen LogP contribution in [0.25, 0.3) is 11.0 Å². The minimum absolute atomic E-state index is 0.0108. The fraction of sp³-hybridized carbons (Fsp3) is 0.346. The van der Waals surface area contributed by atoms with E-state index in [0.29, 0.717) is 11.1 Å². The van der Waals surface area contributed by atoms with Crippen LogP contribution in [0.1, 0.15) is 49.2 Å². The number of rotatable bonds is 8. The molecular weight excluding hydrogens is 485 g/mol. The van der Waals surface area contributed by atoms with E-state index in [4.69, 9.17) is 19.9 Å². The number of fused-ring (bicyclic) bond motifs is 1. The van der Waals surface area contributed by atoms with Crippen LogP contribution in [0.3, 0.4) is 0 Å². The first-order valence-corrected chi connectivity index (χ1v) is 11.4. The predicted octanol–water partition coefficient (Wildman–Crippen LogP) is 2.66. The van der Waals surface area contributed by atoms with Gasteiger partial charge in [-0.1, -0.05) is 6.07 Å². The van der Waals surface area contributed by atoms with E-state index in [1.807, 2.05) is 0 Å². The highest BCUT2D eigenvalue weighted by Crippen LogP contribution is 2.31. The number of amides is 1. The van der Waals surface area contributed by atoms with Crippen molar-refractivity contribution in [1.82, 2.24) is 9.55 Å². The van der Waals surface area contributed by atoms with Gasteiger partial charge in [-0.05, 0) is 51.0 Å². The van der Waals surface area contributed by atoms with Gasteiger partial charge in [0, 0.05) is 25.7 Å². The lowest BCUT2D eigenvalue weighted by molar-refractivity contribution is -0.142. The molecular formula is C26H28FN3O7. The molecule has 3 rings (SSSR count). The van der Waals surface area contributed by atoms with Crippen molar-refractivity contribution in [2.24, 2.45) is 18.2 Å². The molecule has 2 heterocycles. The Kier molecular flexibility index (Phi) is 7.95. The molecule has 1 aromatic carbocycles. The lowest BCUT2D eigenvalue weighted by atomic mass is 9.97. The van der Waals surface area contributed by atoms with Gasteiger partial charge in [-0.25, -0.2) is 9.18 Å². The van der Waals surface area contributed by atoms with Crippen LogP contribution in [0.15, 0.2) is 35.3 Å². The van der Waals surface area contributed by atoms with E-state index in [2.05, 4.69) is 4.98 Å². The van der Waals surface area contributed by atoms with E-state index < -0.39 is 46.8 Å². The molecule has 11 heteroatoms. The molecule has 0 aliphatic heterocycles. The van der Waals surface area contributed by atoms with Gasteiger partial charge >= 0.3 is 11.9 Å². The number of pyridine rings is 2. The Bertz CT molecular complexity index is 1440. The van der Waals surface area contributed by atoms with Crippen molar-refractivity contribution in [3.05, 3.63) is 63.3 Å². The van der Waals surface area contributed by atoms with Crippen molar-refractivity contribution < 1.29 is 33.0 Å². The average Bonchev–Trinajstić information content (AvgIpc) is 2.82. The Balaban J connectivity index is 2.15. The van der Waals surface area contributed by atoms with Crippen LogP contribution in [-0.4, -0.2) is 40.6 Å². The fourth-order valence-corrected chi connectivity index (χ4v) is 3.42. The zero-order valence-electron chi connectivity index (χ0n) is 21.2. The van der Waals surface area contributed by atoms with Crippen LogP contribution < -0.4 is 20.8 Å². The second-order valence-corrected chi connectivity index (χ2v) is 9.32. The van der Waals surface area contributed by atoms with Gasteiger partial charge in [0.05, 0.1) is 17.5 Å². The number of nitrogens with two attached hydrogens (primary N) is 1. The molecule has 196 valence electrons. The van der Waals surface area contributed by atoms with E-state index >= 15 is 0 Å². The first kappa shape index (κ1) is 27.3.